The molecule has 0 nitrogen and oxygen atoms in total. The van der Waals surface area contributed by atoms with Crippen LogP contribution < -0.4 is 0 Å². The molecule has 84 valence electrons. The van der Waals surface area contributed by atoms with Crippen LogP contribution in [0.25, 0.3) is 0 Å². The van der Waals surface area contributed by atoms with Crippen LogP contribution in [-0.4, -0.2) is 0 Å². The predicted octanol–water partition coefficient (Wildman–Crippen LogP) is 3.98. The van der Waals surface area contributed by atoms with Gasteiger partial charge in [0, 0.05) is 0 Å². The van der Waals surface area contributed by atoms with E-state index in [1.165, 1.54) is 0 Å². The fraction of sp³-hybridized carbons (Fsp3) is 0.250. The molecule has 0 spiro atoms. The molecule has 0 aliphatic heterocycles. The minimum absolute atomic E-state index is 0.138. The van der Waals surface area contributed by atoms with Crippen molar-refractivity contribution < 1.29 is 30.7 Å². The molecule has 0 aromatic heterocycles. The third-order valence-electron chi connectivity index (χ3n) is 1.67. The Hall–Kier alpha value is -1.27. The van der Waals surface area contributed by atoms with E-state index >= 15 is 0 Å². The Morgan fingerprint density at radius 2 is 1.33 bits per heavy atom. The lowest BCUT2D eigenvalue weighted by Gasteiger charge is -2.09. The summed E-state index contributed by atoms with van der Waals surface area (Å²) in [6.07, 6.45) is -7.18. The zero-order valence-corrected chi connectivity index (χ0v) is 6.88. The first-order valence-electron chi connectivity index (χ1n) is 3.59. The molecule has 15 heavy (non-hydrogen) atoms. The van der Waals surface area contributed by atoms with Gasteiger partial charge in [-0.05, 0) is 6.07 Å². The summed E-state index contributed by atoms with van der Waals surface area (Å²) in [5, 5.41) is 0. The van der Waals surface area contributed by atoms with E-state index in [1.54, 1.807) is 0 Å². The average Bonchev–Trinajstić information content (AvgIpc) is 2.10. The summed E-state index contributed by atoms with van der Waals surface area (Å²) < 4.78 is 86.1. The average molecular weight is 232 g/mol. The van der Waals surface area contributed by atoms with Gasteiger partial charge in [0.25, 0.3) is 12.9 Å². The number of hydrogen-bond donors (Lipinski definition) is 0. The summed E-state index contributed by atoms with van der Waals surface area (Å²) in [6.45, 7) is 0. The zero-order chi connectivity index (χ0) is 11.7. The van der Waals surface area contributed by atoms with E-state index < -0.39 is 41.4 Å². The SMILES string of the molecule is Fc1cc(C(F)F)c(F)c(C(F)F)c1F. The van der Waals surface area contributed by atoms with Crippen molar-refractivity contribution in [1.82, 2.24) is 0 Å². The highest BCUT2D eigenvalue weighted by Gasteiger charge is 2.28. The molecule has 0 atom stereocenters. The number of alkyl halides is 4. The van der Waals surface area contributed by atoms with Gasteiger partial charge in [0.15, 0.2) is 11.6 Å². The molecular weight excluding hydrogens is 229 g/mol. The van der Waals surface area contributed by atoms with Crippen LogP contribution in [0.5, 0.6) is 0 Å². The molecule has 0 fully saturated rings. The van der Waals surface area contributed by atoms with Gasteiger partial charge in [-0.25, -0.2) is 30.7 Å². The van der Waals surface area contributed by atoms with Gasteiger partial charge in [-0.1, -0.05) is 0 Å². The molecule has 0 radical (unpaired) electrons. The Kier molecular flexibility index (Phi) is 3.21. The number of hydrogen-bond acceptors (Lipinski definition) is 0. The van der Waals surface area contributed by atoms with Crippen molar-refractivity contribution in [3.05, 3.63) is 34.6 Å². The standard InChI is InChI=1S/C8H3F7/c9-3-1-2(7(12)13)5(10)4(6(3)11)8(14)15/h1,7-8H. The lowest BCUT2D eigenvalue weighted by molar-refractivity contribution is 0.128. The summed E-state index contributed by atoms with van der Waals surface area (Å²) in [7, 11) is 0. The van der Waals surface area contributed by atoms with E-state index in [4.69, 9.17) is 0 Å². The Morgan fingerprint density at radius 1 is 0.800 bits per heavy atom. The Balaban J connectivity index is 3.49. The molecule has 7 heteroatoms. The van der Waals surface area contributed by atoms with Crippen molar-refractivity contribution in [1.29, 1.82) is 0 Å². The minimum Gasteiger partial charge on any atom is -0.206 e. The molecule has 0 amide bonds. The fourth-order valence-corrected chi connectivity index (χ4v) is 0.994. The summed E-state index contributed by atoms with van der Waals surface area (Å²) in [5.74, 6) is -6.19. The van der Waals surface area contributed by atoms with E-state index in [9.17, 15) is 30.7 Å². The third kappa shape index (κ3) is 2.05. The molecule has 1 rings (SSSR count). The van der Waals surface area contributed by atoms with Crippen LogP contribution in [0.4, 0.5) is 30.7 Å². The molecule has 0 unspecified atom stereocenters. The molecule has 0 saturated heterocycles. The van der Waals surface area contributed by atoms with Crippen molar-refractivity contribution in [2.24, 2.45) is 0 Å². The molecule has 0 bridgehead atoms. The van der Waals surface area contributed by atoms with Gasteiger partial charge >= 0.3 is 0 Å². The number of rotatable bonds is 2. The number of halogens is 7. The Morgan fingerprint density at radius 3 is 1.73 bits per heavy atom. The maximum absolute atomic E-state index is 12.8. The second kappa shape index (κ2) is 4.08. The van der Waals surface area contributed by atoms with Gasteiger partial charge in [0.1, 0.15) is 5.82 Å². The highest BCUT2D eigenvalue weighted by molar-refractivity contribution is 5.30. The van der Waals surface area contributed by atoms with Crippen molar-refractivity contribution in [3.8, 4) is 0 Å². The van der Waals surface area contributed by atoms with Crippen LogP contribution in [0.15, 0.2) is 6.07 Å². The van der Waals surface area contributed by atoms with E-state index in [-0.39, 0.29) is 6.07 Å². The van der Waals surface area contributed by atoms with E-state index in [0.717, 1.165) is 0 Å². The second-order valence-electron chi connectivity index (χ2n) is 2.59. The van der Waals surface area contributed by atoms with E-state index in [0.29, 0.717) is 0 Å². The molecular formula is C8H3F7. The smallest absolute Gasteiger partial charge is 0.206 e. The maximum Gasteiger partial charge on any atom is 0.269 e. The first kappa shape index (κ1) is 11.8. The van der Waals surface area contributed by atoms with Crippen molar-refractivity contribution in [2.75, 3.05) is 0 Å². The molecule has 1 aromatic carbocycles. The molecule has 0 aliphatic carbocycles. The highest BCUT2D eigenvalue weighted by Crippen LogP contribution is 2.32. The Labute approximate surface area is 79.3 Å². The summed E-state index contributed by atoms with van der Waals surface area (Å²) in [4.78, 5) is 0. The summed E-state index contributed by atoms with van der Waals surface area (Å²) >= 11 is 0. The lowest BCUT2D eigenvalue weighted by Crippen LogP contribution is -2.04. The van der Waals surface area contributed by atoms with Crippen LogP contribution >= 0.6 is 0 Å². The quantitative estimate of drug-likeness (QED) is 0.534. The van der Waals surface area contributed by atoms with Crippen LogP contribution in [0.1, 0.15) is 24.0 Å². The summed E-state index contributed by atoms with van der Waals surface area (Å²) in [6, 6.07) is -0.138. The topological polar surface area (TPSA) is 0 Å². The van der Waals surface area contributed by atoms with Gasteiger partial charge in [0.2, 0.25) is 0 Å². The van der Waals surface area contributed by atoms with Gasteiger partial charge in [0.05, 0.1) is 11.1 Å². The number of benzene rings is 1. The monoisotopic (exact) mass is 232 g/mol. The minimum atomic E-state index is -3.70. The zero-order valence-electron chi connectivity index (χ0n) is 6.88. The summed E-state index contributed by atoms with van der Waals surface area (Å²) in [5.41, 5.74) is -3.55. The van der Waals surface area contributed by atoms with Crippen LogP contribution in [-0.2, 0) is 0 Å². The predicted molar refractivity (Wildman–Crippen MR) is 36.2 cm³/mol. The third-order valence-corrected chi connectivity index (χ3v) is 1.67. The van der Waals surface area contributed by atoms with Crippen molar-refractivity contribution in [3.63, 3.8) is 0 Å². The van der Waals surface area contributed by atoms with Gasteiger partial charge in [-0.15, -0.1) is 0 Å². The molecule has 1 aromatic rings. The first-order valence-corrected chi connectivity index (χ1v) is 3.59. The first-order chi connectivity index (χ1) is 6.86. The van der Waals surface area contributed by atoms with Crippen LogP contribution in [0.3, 0.4) is 0 Å². The van der Waals surface area contributed by atoms with E-state index in [2.05, 4.69) is 0 Å². The maximum atomic E-state index is 12.8. The Bertz CT molecular complexity index is 372. The van der Waals surface area contributed by atoms with Gasteiger partial charge in [-0.3, -0.25) is 0 Å². The van der Waals surface area contributed by atoms with Gasteiger partial charge in [-0.2, -0.15) is 0 Å². The van der Waals surface area contributed by atoms with Gasteiger partial charge < -0.3 is 0 Å². The van der Waals surface area contributed by atoms with Crippen molar-refractivity contribution >= 4 is 0 Å². The normalized spacial score (nSPS) is 11.5. The van der Waals surface area contributed by atoms with Crippen LogP contribution in [0.2, 0.25) is 0 Å². The highest BCUT2D eigenvalue weighted by atomic mass is 19.3. The molecule has 0 N–H and O–H groups in total. The molecule has 0 aliphatic rings. The largest absolute Gasteiger partial charge is 0.269 e. The van der Waals surface area contributed by atoms with E-state index in [1.807, 2.05) is 0 Å². The fourth-order valence-electron chi connectivity index (χ4n) is 0.994. The molecule has 0 heterocycles. The van der Waals surface area contributed by atoms with Crippen molar-refractivity contribution in [2.45, 2.75) is 12.9 Å². The second-order valence-corrected chi connectivity index (χ2v) is 2.59. The van der Waals surface area contributed by atoms with Crippen LogP contribution in [0, 0.1) is 17.5 Å². The lowest BCUT2D eigenvalue weighted by atomic mass is 10.1. The molecule has 0 saturated carbocycles.